The number of nitrogens with zero attached hydrogens (tertiary/aromatic N) is 3. The number of hydrogen-bond donors (Lipinski definition) is 1. The molecule has 0 aliphatic heterocycles. The lowest BCUT2D eigenvalue weighted by Crippen LogP contribution is -2.21. The van der Waals surface area contributed by atoms with Crippen molar-refractivity contribution in [3.8, 4) is 0 Å². The van der Waals surface area contributed by atoms with Gasteiger partial charge in [-0.05, 0) is 4.92 Å². The predicted octanol–water partition coefficient (Wildman–Crippen LogP) is -0.201. The molecule has 78 valence electrons. The van der Waals surface area contributed by atoms with E-state index < -0.39 is 11.0 Å². The quantitative estimate of drug-likeness (QED) is 0.526. The molecule has 0 aliphatic carbocycles. The third-order valence-corrected chi connectivity index (χ3v) is 1.62. The number of hydrogen-bond acceptors (Lipinski definition) is 5. The van der Waals surface area contributed by atoms with Gasteiger partial charge in [-0.15, -0.1) is 0 Å². The van der Waals surface area contributed by atoms with Crippen LogP contribution in [0.5, 0.6) is 0 Å². The van der Waals surface area contributed by atoms with Crippen LogP contribution in [0.3, 0.4) is 0 Å². The summed E-state index contributed by atoms with van der Waals surface area (Å²) in [5.74, 6) is -0.278. The smallest absolute Gasteiger partial charge is 0.390 e. The zero-order valence-electron chi connectivity index (χ0n) is 7.66. The molecule has 0 radical (unpaired) electrons. The standard InChI is InChI=1S/C7H11N3O4/c1-14-5-6(11)4-9-3-2-8-7(9)10(12)13/h2-3,6,11H,4-5H2,1H3/t6-/m1/s1. The summed E-state index contributed by atoms with van der Waals surface area (Å²) in [4.78, 5) is 13.4. The Morgan fingerprint density at radius 2 is 2.57 bits per heavy atom. The summed E-state index contributed by atoms with van der Waals surface area (Å²) in [5.41, 5.74) is 0. The van der Waals surface area contributed by atoms with Crippen LogP contribution in [-0.2, 0) is 11.3 Å². The van der Waals surface area contributed by atoms with Gasteiger partial charge in [0.15, 0.2) is 0 Å². The molecule has 0 bridgehead atoms. The highest BCUT2D eigenvalue weighted by molar-refractivity contribution is 5.06. The van der Waals surface area contributed by atoms with E-state index in [2.05, 4.69) is 4.98 Å². The zero-order valence-corrected chi connectivity index (χ0v) is 7.66. The first-order chi connectivity index (χ1) is 6.65. The van der Waals surface area contributed by atoms with Crippen LogP contribution in [0.25, 0.3) is 0 Å². The Kier molecular flexibility index (Phi) is 3.55. The number of aliphatic hydroxyl groups is 1. The van der Waals surface area contributed by atoms with E-state index in [0.717, 1.165) is 0 Å². The number of aromatic nitrogens is 2. The first-order valence-corrected chi connectivity index (χ1v) is 3.97. The molecule has 0 amide bonds. The van der Waals surface area contributed by atoms with Gasteiger partial charge < -0.3 is 20.0 Å². The number of aliphatic hydroxyl groups excluding tert-OH is 1. The molecular formula is C7H11N3O4. The second kappa shape index (κ2) is 4.68. The number of imidazole rings is 1. The molecule has 0 fully saturated rings. The maximum atomic E-state index is 10.4. The second-order valence-corrected chi connectivity index (χ2v) is 2.75. The summed E-state index contributed by atoms with van der Waals surface area (Å²) >= 11 is 0. The van der Waals surface area contributed by atoms with Gasteiger partial charge in [0.25, 0.3) is 0 Å². The van der Waals surface area contributed by atoms with Gasteiger partial charge in [0.1, 0.15) is 18.5 Å². The van der Waals surface area contributed by atoms with Gasteiger partial charge >= 0.3 is 5.95 Å². The molecule has 1 atom stereocenters. The molecule has 0 unspecified atom stereocenters. The SMILES string of the molecule is COC[C@H](O)Cn1ccnc1[N+](=O)[O-]. The summed E-state index contributed by atoms with van der Waals surface area (Å²) in [5, 5.41) is 19.8. The molecular weight excluding hydrogens is 190 g/mol. The molecule has 7 heteroatoms. The predicted molar refractivity (Wildman–Crippen MR) is 46.8 cm³/mol. The van der Waals surface area contributed by atoms with Crippen molar-refractivity contribution in [2.75, 3.05) is 13.7 Å². The first kappa shape index (κ1) is 10.6. The minimum absolute atomic E-state index is 0.101. The normalized spacial score (nSPS) is 12.7. The molecule has 1 aromatic rings. The number of ether oxygens (including phenoxy) is 1. The summed E-state index contributed by atoms with van der Waals surface area (Å²) in [6.07, 6.45) is 1.99. The van der Waals surface area contributed by atoms with Gasteiger partial charge in [0.05, 0.1) is 13.2 Å². The van der Waals surface area contributed by atoms with Crippen molar-refractivity contribution in [1.82, 2.24) is 9.55 Å². The Hall–Kier alpha value is -1.47. The maximum absolute atomic E-state index is 10.4. The third kappa shape index (κ3) is 2.51. The van der Waals surface area contributed by atoms with Crippen molar-refractivity contribution in [3.05, 3.63) is 22.5 Å². The lowest BCUT2D eigenvalue weighted by atomic mass is 10.4. The molecule has 1 aromatic heterocycles. The van der Waals surface area contributed by atoms with Crippen LogP contribution in [-0.4, -0.2) is 39.4 Å². The van der Waals surface area contributed by atoms with E-state index in [1.54, 1.807) is 0 Å². The van der Waals surface area contributed by atoms with Crippen molar-refractivity contribution in [3.63, 3.8) is 0 Å². The molecule has 1 N–H and O–H groups in total. The summed E-state index contributed by atoms with van der Waals surface area (Å²) < 4.78 is 5.97. The van der Waals surface area contributed by atoms with Crippen LogP contribution >= 0.6 is 0 Å². The van der Waals surface area contributed by atoms with Crippen molar-refractivity contribution in [2.45, 2.75) is 12.6 Å². The van der Waals surface area contributed by atoms with Gasteiger partial charge in [-0.25, -0.2) is 4.57 Å². The topological polar surface area (TPSA) is 90.4 Å². The fraction of sp³-hybridized carbons (Fsp3) is 0.571. The lowest BCUT2D eigenvalue weighted by molar-refractivity contribution is -0.397. The van der Waals surface area contributed by atoms with E-state index in [1.165, 1.54) is 24.1 Å². The van der Waals surface area contributed by atoms with Gasteiger partial charge in [-0.3, -0.25) is 0 Å². The molecule has 1 heterocycles. The van der Waals surface area contributed by atoms with Gasteiger partial charge in [0, 0.05) is 7.11 Å². The Bertz CT molecular complexity index is 312. The summed E-state index contributed by atoms with van der Waals surface area (Å²) in [6, 6.07) is 0. The molecule has 0 aromatic carbocycles. The Labute approximate surface area is 80.1 Å². The first-order valence-electron chi connectivity index (χ1n) is 3.97. The van der Waals surface area contributed by atoms with Crippen LogP contribution in [0.15, 0.2) is 12.4 Å². The Morgan fingerprint density at radius 3 is 3.14 bits per heavy atom. The Balaban J connectivity index is 2.66. The van der Waals surface area contributed by atoms with Crippen molar-refractivity contribution < 1.29 is 14.8 Å². The third-order valence-electron chi connectivity index (χ3n) is 1.62. The molecule has 14 heavy (non-hydrogen) atoms. The van der Waals surface area contributed by atoms with E-state index in [4.69, 9.17) is 4.74 Å². The highest BCUT2D eigenvalue weighted by Crippen LogP contribution is 2.08. The van der Waals surface area contributed by atoms with Crippen LogP contribution in [0.1, 0.15) is 0 Å². The van der Waals surface area contributed by atoms with Crippen molar-refractivity contribution >= 4 is 5.95 Å². The fourth-order valence-electron chi connectivity index (χ4n) is 1.09. The number of rotatable bonds is 5. The van der Waals surface area contributed by atoms with Crippen molar-refractivity contribution in [2.24, 2.45) is 0 Å². The summed E-state index contributed by atoms with van der Waals surface area (Å²) in [7, 11) is 1.45. The minimum Gasteiger partial charge on any atom is -0.390 e. The monoisotopic (exact) mass is 201 g/mol. The molecule has 0 saturated carbocycles. The van der Waals surface area contributed by atoms with Crippen LogP contribution in [0.4, 0.5) is 5.95 Å². The van der Waals surface area contributed by atoms with E-state index in [9.17, 15) is 15.2 Å². The average molecular weight is 201 g/mol. The average Bonchev–Trinajstić information content (AvgIpc) is 2.52. The second-order valence-electron chi connectivity index (χ2n) is 2.75. The van der Waals surface area contributed by atoms with Gasteiger partial charge in [-0.2, -0.15) is 0 Å². The fourth-order valence-corrected chi connectivity index (χ4v) is 1.09. The van der Waals surface area contributed by atoms with Crippen LogP contribution in [0, 0.1) is 10.1 Å². The maximum Gasteiger partial charge on any atom is 0.434 e. The van der Waals surface area contributed by atoms with Crippen LogP contribution < -0.4 is 0 Å². The molecule has 1 rings (SSSR count). The molecule has 0 saturated heterocycles. The molecule has 0 spiro atoms. The highest BCUT2D eigenvalue weighted by atomic mass is 16.6. The van der Waals surface area contributed by atoms with Crippen molar-refractivity contribution in [1.29, 1.82) is 0 Å². The number of nitro groups is 1. The van der Waals surface area contributed by atoms with Gasteiger partial charge in [0.2, 0.25) is 0 Å². The highest BCUT2D eigenvalue weighted by Gasteiger charge is 2.16. The zero-order chi connectivity index (χ0) is 10.6. The minimum atomic E-state index is -0.770. The largest absolute Gasteiger partial charge is 0.434 e. The van der Waals surface area contributed by atoms with E-state index in [0.29, 0.717) is 0 Å². The van der Waals surface area contributed by atoms with Gasteiger partial charge in [-0.1, -0.05) is 4.98 Å². The van der Waals surface area contributed by atoms with E-state index >= 15 is 0 Å². The lowest BCUT2D eigenvalue weighted by Gasteiger charge is -2.07. The Morgan fingerprint density at radius 1 is 1.86 bits per heavy atom. The molecule has 7 nitrogen and oxygen atoms in total. The van der Waals surface area contributed by atoms with Crippen LogP contribution in [0.2, 0.25) is 0 Å². The number of methoxy groups -OCH3 is 1. The molecule has 0 aliphatic rings. The summed E-state index contributed by atoms with van der Waals surface area (Å²) in [6.45, 7) is 0.236. The van der Waals surface area contributed by atoms with E-state index in [-0.39, 0.29) is 19.1 Å². The van der Waals surface area contributed by atoms with E-state index in [1.807, 2.05) is 0 Å².